The van der Waals surface area contributed by atoms with Crippen molar-refractivity contribution in [3.63, 3.8) is 0 Å². The van der Waals surface area contributed by atoms with Crippen molar-refractivity contribution in [1.82, 2.24) is 9.80 Å². The number of hydrogen-bond donors (Lipinski definition) is 1. The predicted octanol–water partition coefficient (Wildman–Crippen LogP) is 1.16. The van der Waals surface area contributed by atoms with Crippen molar-refractivity contribution in [2.24, 2.45) is 17.6 Å². The summed E-state index contributed by atoms with van der Waals surface area (Å²) in [6, 6.07) is 0.222. The summed E-state index contributed by atoms with van der Waals surface area (Å²) >= 11 is 0. The minimum Gasteiger partial charge on any atom is -0.341 e. The third-order valence-corrected chi connectivity index (χ3v) is 4.03. The first-order valence-corrected chi connectivity index (χ1v) is 7.07. The van der Waals surface area contributed by atoms with E-state index in [0.717, 1.165) is 26.1 Å². The zero-order valence-electron chi connectivity index (χ0n) is 12.5. The molecule has 0 aromatic heterocycles. The maximum atomic E-state index is 12.1. The molecule has 2 atom stereocenters. The third kappa shape index (κ3) is 3.95. The minimum atomic E-state index is -0.341. The van der Waals surface area contributed by atoms with Crippen LogP contribution in [0.4, 0.5) is 0 Å². The normalized spacial score (nSPS) is 22.3. The molecule has 0 bridgehead atoms. The zero-order chi connectivity index (χ0) is 13.9. The van der Waals surface area contributed by atoms with Crippen molar-refractivity contribution in [1.29, 1.82) is 0 Å². The van der Waals surface area contributed by atoms with E-state index < -0.39 is 0 Å². The second kappa shape index (κ2) is 6.53. The van der Waals surface area contributed by atoms with Gasteiger partial charge in [-0.2, -0.15) is 0 Å². The lowest BCUT2D eigenvalue weighted by Crippen LogP contribution is -2.46. The molecule has 1 aliphatic rings. The Kier molecular flexibility index (Phi) is 5.60. The second-order valence-electron chi connectivity index (χ2n) is 6.24. The van der Waals surface area contributed by atoms with Gasteiger partial charge in [-0.05, 0) is 39.2 Å². The summed E-state index contributed by atoms with van der Waals surface area (Å²) in [5.74, 6) is 0.940. The number of likely N-dealkylation sites (tertiary alicyclic amines) is 1. The van der Waals surface area contributed by atoms with Crippen molar-refractivity contribution < 1.29 is 4.79 Å². The number of nitrogens with zero attached hydrogens (tertiary/aromatic N) is 2. The van der Waals surface area contributed by atoms with Gasteiger partial charge in [0.2, 0.25) is 5.91 Å². The van der Waals surface area contributed by atoms with Gasteiger partial charge < -0.3 is 15.5 Å². The molecule has 2 unspecified atom stereocenters. The molecule has 2 N–H and O–H groups in total. The molecule has 1 heterocycles. The Morgan fingerprint density at radius 2 is 2.00 bits per heavy atom. The standard InChI is InChI=1S/C14H29N3O/c1-10(2)13(15)14(18)17-7-6-12(9-17)8-16(5)11(3)4/h10-13H,6-9,15H2,1-5H3. The van der Waals surface area contributed by atoms with E-state index >= 15 is 0 Å². The number of rotatable bonds is 5. The van der Waals surface area contributed by atoms with E-state index in [1.165, 1.54) is 0 Å². The van der Waals surface area contributed by atoms with Gasteiger partial charge in [-0.15, -0.1) is 0 Å². The lowest BCUT2D eigenvalue weighted by molar-refractivity contribution is -0.132. The molecular weight excluding hydrogens is 226 g/mol. The summed E-state index contributed by atoms with van der Waals surface area (Å²) in [7, 11) is 2.15. The van der Waals surface area contributed by atoms with E-state index in [2.05, 4.69) is 25.8 Å². The number of hydrogen-bond acceptors (Lipinski definition) is 3. The van der Waals surface area contributed by atoms with Crippen LogP contribution in [0.3, 0.4) is 0 Å². The highest BCUT2D eigenvalue weighted by Gasteiger charge is 2.30. The number of amides is 1. The molecule has 1 amide bonds. The highest BCUT2D eigenvalue weighted by molar-refractivity contribution is 5.82. The van der Waals surface area contributed by atoms with Crippen molar-refractivity contribution in [2.75, 3.05) is 26.7 Å². The van der Waals surface area contributed by atoms with Gasteiger partial charge in [0.1, 0.15) is 0 Å². The van der Waals surface area contributed by atoms with E-state index in [9.17, 15) is 4.79 Å². The SMILES string of the molecule is CC(C)C(N)C(=O)N1CCC(CN(C)C(C)C)C1. The molecule has 1 fully saturated rings. The Morgan fingerprint density at radius 3 is 2.50 bits per heavy atom. The van der Waals surface area contributed by atoms with Gasteiger partial charge in [-0.1, -0.05) is 13.8 Å². The average Bonchev–Trinajstić information content (AvgIpc) is 2.75. The van der Waals surface area contributed by atoms with Gasteiger partial charge in [-0.3, -0.25) is 4.79 Å². The first kappa shape index (κ1) is 15.4. The Hall–Kier alpha value is -0.610. The third-order valence-electron chi connectivity index (χ3n) is 4.03. The fourth-order valence-corrected chi connectivity index (χ4v) is 2.30. The fourth-order valence-electron chi connectivity index (χ4n) is 2.30. The van der Waals surface area contributed by atoms with Crippen LogP contribution in [0.25, 0.3) is 0 Å². The topological polar surface area (TPSA) is 49.6 Å². The Morgan fingerprint density at radius 1 is 1.39 bits per heavy atom. The summed E-state index contributed by atoms with van der Waals surface area (Å²) in [4.78, 5) is 16.4. The first-order chi connectivity index (χ1) is 8.32. The molecule has 0 aromatic carbocycles. The molecule has 1 saturated heterocycles. The molecule has 1 rings (SSSR count). The summed E-state index contributed by atoms with van der Waals surface area (Å²) < 4.78 is 0. The largest absolute Gasteiger partial charge is 0.341 e. The van der Waals surface area contributed by atoms with E-state index in [0.29, 0.717) is 12.0 Å². The number of nitrogens with two attached hydrogens (primary N) is 1. The van der Waals surface area contributed by atoms with E-state index in [-0.39, 0.29) is 17.9 Å². The molecule has 1 aliphatic heterocycles. The van der Waals surface area contributed by atoms with Crippen molar-refractivity contribution in [3.8, 4) is 0 Å². The van der Waals surface area contributed by atoms with Gasteiger partial charge in [0.25, 0.3) is 0 Å². The molecule has 0 aromatic rings. The van der Waals surface area contributed by atoms with Crippen LogP contribution in [0.2, 0.25) is 0 Å². The lowest BCUT2D eigenvalue weighted by atomic mass is 10.0. The van der Waals surface area contributed by atoms with Crippen LogP contribution in [0, 0.1) is 11.8 Å². The summed E-state index contributed by atoms with van der Waals surface area (Å²) in [6.45, 7) is 11.2. The van der Waals surface area contributed by atoms with Gasteiger partial charge >= 0.3 is 0 Å². The molecular formula is C14H29N3O. The summed E-state index contributed by atoms with van der Waals surface area (Å²) in [6.07, 6.45) is 1.10. The van der Waals surface area contributed by atoms with Crippen LogP contribution in [-0.4, -0.2) is 54.5 Å². The molecule has 0 radical (unpaired) electrons. The van der Waals surface area contributed by atoms with E-state index in [4.69, 9.17) is 5.73 Å². The predicted molar refractivity (Wildman–Crippen MR) is 75.3 cm³/mol. The smallest absolute Gasteiger partial charge is 0.239 e. The molecule has 18 heavy (non-hydrogen) atoms. The van der Waals surface area contributed by atoms with Crippen molar-refractivity contribution in [3.05, 3.63) is 0 Å². The molecule has 0 saturated carbocycles. The zero-order valence-corrected chi connectivity index (χ0v) is 12.5. The fraction of sp³-hybridized carbons (Fsp3) is 0.929. The number of carbonyl (C=O) groups is 1. The van der Waals surface area contributed by atoms with Gasteiger partial charge in [0, 0.05) is 25.7 Å². The van der Waals surface area contributed by atoms with E-state index in [1.54, 1.807) is 0 Å². The molecule has 0 aliphatic carbocycles. The highest BCUT2D eigenvalue weighted by Crippen LogP contribution is 2.19. The highest BCUT2D eigenvalue weighted by atomic mass is 16.2. The van der Waals surface area contributed by atoms with Crippen LogP contribution in [0.1, 0.15) is 34.1 Å². The molecule has 4 heteroatoms. The van der Waals surface area contributed by atoms with Crippen LogP contribution in [-0.2, 0) is 4.79 Å². The Bertz CT molecular complexity index is 278. The molecule has 0 spiro atoms. The first-order valence-electron chi connectivity index (χ1n) is 7.07. The summed E-state index contributed by atoms with van der Waals surface area (Å²) in [5, 5.41) is 0. The van der Waals surface area contributed by atoms with Gasteiger partial charge in [-0.25, -0.2) is 0 Å². The maximum absolute atomic E-state index is 12.1. The Balaban J connectivity index is 2.44. The van der Waals surface area contributed by atoms with Gasteiger partial charge in [0.15, 0.2) is 0 Å². The minimum absolute atomic E-state index is 0.125. The van der Waals surface area contributed by atoms with Crippen molar-refractivity contribution in [2.45, 2.75) is 46.2 Å². The quantitative estimate of drug-likeness (QED) is 0.802. The van der Waals surface area contributed by atoms with E-state index in [1.807, 2.05) is 18.7 Å². The van der Waals surface area contributed by atoms with Crippen LogP contribution in [0.15, 0.2) is 0 Å². The maximum Gasteiger partial charge on any atom is 0.239 e. The monoisotopic (exact) mass is 255 g/mol. The Labute approximate surface area is 111 Å². The van der Waals surface area contributed by atoms with Gasteiger partial charge in [0.05, 0.1) is 6.04 Å². The molecule has 106 valence electrons. The number of carbonyl (C=O) groups excluding carboxylic acids is 1. The average molecular weight is 255 g/mol. The van der Waals surface area contributed by atoms with Crippen LogP contribution in [0.5, 0.6) is 0 Å². The van der Waals surface area contributed by atoms with Crippen LogP contribution >= 0.6 is 0 Å². The molecule has 4 nitrogen and oxygen atoms in total. The summed E-state index contributed by atoms with van der Waals surface area (Å²) in [5.41, 5.74) is 5.93. The lowest BCUT2D eigenvalue weighted by Gasteiger charge is -2.26. The van der Waals surface area contributed by atoms with Crippen LogP contribution < -0.4 is 5.73 Å². The second-order valence-corrected chi connectivity index (χ2v) is 6.24. The van der Waals surface area contributed by atoms with Crippen molar-refractivity contribution >= 4 is 5.91 Å².